The first-order chi connectivity index (χ1) is 14.8. The molecule has 0 fully saturated rings. The van der Waals surface area contributed by atoms with E-state index in [1.54, 1.807) is 36.4 Å². The number of carboxylic acid groups (broad SMARTS) is 1. The van der Waals surface area contributed by atoms with Gasteiger partial charge in [0.25, 0.3) is 5.91 Å². The van der Waals surface area contributed by atoms with E-state index in [0.717, 1.165) is 5.56 Å². The Balaban J connectivity index is 1.49. The average molecular weight is 427 g/mol. The van der Waals surface area contributed by atoms with E-state index in [0.29, 0.717) is 23.6 Å². The molecule has 11 heteroatoms. The average Bonchev–Trinajstić information content (AvgIpc) is 3.11. The third-order valence-electron chi connectivity index (χ3n) is 4.16. The molecule has 0 bridgehead atoms. The van der Waals surface area contributed by atoms with Crippen LogP contribution < -0.4 is 31.6 Å². The summed E-state index contributed by atoms with van der Waals surface area (Å²) in [6.07, 6.45) is -0.715. The lowest BCUT2D eigenvalue weighted by Crippen LogP contribution is -2.45. The Bertz CT molecular complexity index is 1030. The zero-order valence-corrected chi connectivity index (χ0v) is 16.3. The summed E-state index contributed by atoms with van der Waals surface area (Å²) in [5.41, 5.74) is 12.1. The summed E-state index contributed by atoms with van der Waals surface area (Å²) in [6, 6.07) is 11.3. The number of aliphatic imine (C=N–C) groups is 1. The second-order valence-electron chi connectivity index (χ2n) is 6.58. The predicted octanol–water partition coefficient (Wildman–Crippen LogP) is 0.210. The molecule has 2 aromatic rings. The van der Waals surface area contributed by atoms with Crippen molar-refractivity contribution < 1.29 is 29.0 Å². The molecule has 7 N–H and O–H groups in total. The van der Waals surface area contributed by atoms with Crippen LogP contribution in [0.2, 0.25) is 0 Å². The van der Waals surface area contributed by atoms with Crippen molar-refractivity contribution in [3.8, 4) is 11.5 Å². The molecule has 1 aliphatic rings. The molecule has 0 aliphatic carbocycles. The van der Waals surface area contributed by atoms with Crippen LogP contribution in [0.3, 0.4) is 0 Å². The first-order valence-corrected chi connectivity index (χ1v) is 9.25. The summed E-state index contributed by atoms with van der Waals surface area (Å²) in [5.74, 6) is -1.23. The number of carboxylic acids is 1. The fourth-order valence-corrected chi connectivity index (χ4v) is 2.77. The Morgan fingerprint density at radius 2 is 1.84 bits per heavy atom. The molecule has 2 amide bonds. The van der Waals surface area contributed by atoms with Gasteiger partial charge in [-0.2, -0.15) is 0 Å². The van der Waals surface area contributed by atoms with Gasteiger partial charge in [-0.25, -0.2) is 4.99 Å². The number of carbonyl (C=O) groups is 3. The predicted molar refractivity (Wildman–Crippen MR) is 110 cm³/mol. The van der Waals surface area contributed by atoms with Crippen molar-refractivity contribution in [2.24, 2.45) is 16.5 Å². The van der Waals surface area contributed by atoms with Crippen LogP contribution in [0.4, 0.5) is 5.69 Å². The fraction of sp³-hybridized carbons (Fsp3) is 0.200. The van der Waals surface area contributed by atoms with Gasteiger partial charge in [0.2, 0.25) is 5.91 Å². The van der Waals surface area contributed by atoms with Crippen LogP contribution in [-0.4, -0.2) is 41.8 Å². The zero-order valence-electron chi connectivity index (χ0n) is 16.3. The number of amides is 2. The number of benzene rings is 2. The molecule has 0 radical (unpaired) electrons. The quantitative estimate of drug-likeness (QED) is 0.293. The standard InChI is InChI=1S/C20H21N5O6/c21-19(22)24-13-3-1-2-12(9-13)18(29)23-10-16(26)25-20-30-14-6-4-11(5-7-17(27)28)8-15(14)31-20/h1-4,6,8-9,20H,5,7,10H2,(H,23,29)(H,25,26)(H,27,28)(H4,21,22,24). The number of guanidine groups is 1. The summed E-state index contributed by atoms with van der Waals surface area (Å²) in [5, 5.41) is 13.7. The Kier molecular flexibility index (Phi) is 6.55. The number of aliphatic carboxylic acids is 1. The molecule has 0 saturated heterocycles. The number of carbonyl (C=O) groups excluding carboxylic acids is 2. The van der Waals surface area contributed by atoms with Gasteiger partial charge in [-0.05, 0) is 42.3 Å². The van der Waals surface area contributed by atoms with Crippen molar-refractivity contribution in [3.63, 3.8) is 0 Å². The van der Waals surface area contributed by atoms with Gasteiger partial charge >= 0.3 is 12.4 Å². The molecule has 3 rings (SSSR count). The van der Waals surface area contributed by atoms with E-state index in [4.69, 9.17) is 26.0 Å². The van der Waals surface area contributed by atoms with Crippen LogP contribution in [0.1, 0.15) is 22.3 Å². The maximum atomic E-state index is 12.2. The number of nitrogens with one attached hydrogen (secondary N) is 2. The lowest BCUT2D eigenvalue weighted by atomic mass is 10.1. The molecule has 162 valence electrons. The van der Waals surface area contributed by atoms with Crippen LogP contribution in [0.25, 0.3) is 0 Å². The minimum atomic E-state index is -1.06. The van der Waals surface area contributed by atoms with Gasteiger partial charge in [0.1, 0.15) is 0 Å². The van der Waals surface area contributed by atoms with Crippen LogP contribution in [0, 0.1) is 0 Å². The highest BCUT2D eigenvalue weighted by atomic mass is 16.7. The van der Waals surface area contributed by atoms with Crippen molar-refractivity contribution >= 4 is 29.4 Å². The van der Waals surface area contributed by atoms with Gasteiger partial charge in [0.05, 0.1) is 12.2 Å². The first kappa shape index (κ1) is 21.4. The molecule has 0 aromatic heterocycles. The van der Waals surface area contributed by atoms with Gasteiger partial charge in [-0.1, -0.05) is 12.1 Å². The Morgan fingerprint density at radius 1 is 1.06 bits per heavy atom. The van der Waals surface area contributed by atoms with E-state index in [1.807, 2.05) is 0 Å². The normalized spacial score (nSPS) is 13.9. The molecule has 0 spiro atoms. The van der Waals surface area contributed by atoms with Gasteiger partial charge in [-0.15, -0.1) is 0 Å². The molecule has 1 unspecified atom stereocenters. The fourth-order valence-electron chi connectivity index (χ4n) is 2.77. The van der Waals surface area contributed by atoms with E-state index in [9.17, 15) is 14.4 Å². The molecular formula is C20H21N5O6. The van der Waals surface area contributed by atoms with E-state index in [2.05, 4.69) is 15.6 Å². The second kappa shape index (κ2) is 9.48. The van der Waals surface area contributed by atoms with Crippen molar-refractivity contribution in [2.45, 2.75) is 19.3 Å². The third kappa shape index (κ3) is 6.10. The summed E-state index contributed by atoms with van der Waals surface area (Å²) in [4.78, 5) is 38.9. The van der Waals surface area contributed by atoms with E-state index in [1.165, 1.54) is 6.07 Å². The van der Waals surface area contributed by atoms with Crippen molar-refractivity contribution in [2.75, 3.05) is 6.54 Å². The number of aryl methyl sites for hydroxylation is 1. The highest BCUT2D eigenvalue weighted by Crippen LogP contribution is 2.35. The van der Waals surface area contributed by atoms with Crippen LogP contribution in [0.15, 0.2) is 47.5 Å². The largest absolute Gasteiger partial charge is 0.481 e. The van der Waals surface area contributed by atoms with Gasteiger partial charge in [0.15, 0.2) is 17.5 Å². The number of hydrogen-bond acceptors (Lipinski definition) is 6. The van der Waals surface area contributed by atoms with E-state index >= 15 is 0 Å². The van der Waals surface area contributed by atoms with Crippen molar-refractivity contribution in [3.05, 3.63) is 53.6 Å². The molecule has 1 atom stereocenters. The lowest BCUT2D eigenvalue weighted by Gasteiger charge is -2.12. The number of rotatable bonds is 8. The smallest absolute Gasteiger partial charge is 0.327 e. The minimum absolute atomic E-state index is 0.00558. The number of nitrogens with zero attached hydrogens (tertiary/aromatic N) is 1. The van der Waals surface area contributed by atoms with Crippen molar-refractivity contribution in [1.29, 1.82) is 0 Å². The number of fused-ring (bicyclic) bond motifs is 1. The first-order valence-electron chi connectivity index (χ1n) is 9.25. The number of nitrogens with two attached hydrogens (primary N) is 2. The maximum Gasteiger partial charge on any atom is 0.327 e. The molecular weight excluding hydrogens is 406 g/mol. The van der Waals surface area contributed by atoms with Crippen LogP contribution >= 0.6 is 0 Å². The van der Waals surface area contributed by atoms with Crippen LogP contribution in [-0.2, 0) is 16.0 Å². The molecule has 0 saturated carbocycles. The molecule has 11 nitrogen and oxygen atoms in total. The van der Waals surface area contributed by atoms with E-state index in [-0.39, 0.29) is 24.5 Å². The van der Waals surface area contributed by atoms with Crippen molar-refractivity contribution in [1.82, 2.24) is 10.6 Å². The second-order valence-corrected chi connectivity index (χ2v) is 6.58. The molecule has 31 heavy (non-hydrogen) atoms. The summed E-state index contributed by atoms with van der Waals surface area (Å²) in [7, 11) is 0. The molecule has 1 heterocycles. The SMILES string of the molecule is NC(N)=Nc1cccc(C(=O)NCC(=O)NC2Oc3ccc(CCC(=O)O)cc3O2)c1. The number of hydrogen-bond donors (Lipinski definition) is 5. The van der Waals surface area contributed by atoms with Gasteiger partial charge in [-0.3, -0.25) is 19.7 Å². The highest BCUT2D eigenvalue weighted by molar-refractivity contribution is 5.97. The lowest BCUT2D eigenvalue weighted by molar-refractivity contribution is -0.137. The van der Waals surface area contributed by atoms with Crippen LogP contribution in [0.5, 0.6) is 11.5 Å². The Labute approximate surface area is 177 Å². The minimum Gasteiger partial charge on any atom is -0.481 e. The molecule has 2 aromatic carbocycles. The topological polar surface area (TPSA) is 178 Å². The molecule has 1 aliphatic heterocycles. The Morgan fingerprint density at radius 3 is 2.58 bits per heavy atom. The zero-order chi connectivity index (χ0) is 22.4. The summed E-state index contributed by atoms with van der Waals surface area (Å²) < 4.78 is 11.0. The maximum absolute atomic E-state index is 12.2. The Hall–Kier alpha value is -4.28. The van der Waals surface area contributed by atoms with Gasteiger partial charge in [0, 0.05) is 12.0 Å². The monoisotopic (exact) mass is 427 g/mol. The van der Waals surface area contributed by atoms with E-state index < -0.39 is 24.2 Å². The number of ether oxygens (including phenoxy) is 2. The highest BCUT2D eigenvalue weighted by Gasteiger charge is 2.26. The third-order valence-corrected chi connectivity index (χ3v) is 4.16. The van der Waals surface area contributed by atoms with Gasteiger partial charge < -0.3 is 31.4 Å². The summed E-state index contributed by atoms with van der Waals surface area (Å²) >= 11 is 0. The summed E-state index contributed by atoms with van der Waals surface area (Å²) in [6.45, 7) is -0.311.